The van der Waals surface area contributed by atoms with Crippen LogP contribution >= 0.6 is 39.1 Å². The number of hydrogen-bond acceptors (Lipinski definition) is 4. The number of amides is 1. The van der Waals surface area contributed by atoms with Gasteiger partial charge in [-0.05, 0) is 30.3 Å². The van der Waals surface area contributed by atoms with Gasteiger partial charge in [0, 0.05) is 10.0 Å². The lowest BCUT2D eigenvalue weighted by molar-refractivity contribution is -0.119. The molecule has 0 unspecified atom stereocenters. The summed E-state index contributed by atoms with van der Waals surface area (Å²) < 4.78 is 25.7. The zero-order chi connectivity index (χ0) is 19.3. The van der Waals surface area contributed by atoms with Crippen molar-refractivity contribution in [2.75, 3.05) is 17.1 Å². The van der Waals surface area contributed by atoms with E-state index < -0.39 is 22.5 Å². The first-order chi connectivity index (χ1) is 12.2. The number of halogens is 3. The van der Waals surface area contributed by atoms with Crippen molar-refractivity contribution in [3.8, 4) is 0 Å². The molecule has 6 nitrogen and oxygen atoms in total. The number of sulfonamides is 1. The summed E-state index contributed by atoms with van der Waals surface area (Å²) in [5, 5.41) is 4.54. The number of carbonyl (C=O) groups excluding carboxylic acids is 1. The van der Waals surface area contributed by atoms with E-state index in [9.17, 15) is 13.2 Å². The molecule has 0 spiro atoms. The molecule has 138 valence electrons. The van der Waals surface area contributed by atoms with E-state index in [1.54, 1.807) is 42.5 Å². The van der Waals surface area contributed by atoms with Crippen LogP contribution in [0.25, 0.3) is 0 Å². The Bertz CT molecular complexity index is 931. The molecule has 0 atom stereocenters. The predicted molar refractivity (Wildman–Crippen MR) is 109 cm³/mol. The minimum Gasteiger partial charge on any atom is -0.271 e. The van der Waals surface area contributed by atoms with Gasteiger partial charge < -0.3 is 0 Å². The Hall–Kier alpha value is -1.61. The molecule has 0 fully saturated rings. The molecule has 2 aromatic carbocycles. The SMILES string of the molecule is CS(=O)(=O)N(CC(=O)N/N=C/c1c(Cl)cccc1Cl)c1cccc(Br)c1. The number of nitrogens with zero attached hydrogens (tertiary/aromatic N) is 2. The highest BCUT2D eigenvalue weighted by Crippen LogP contribution is 2.23. The summed E-state index contributed by atoms with van der Waals surface area (Å²) in [6, 6.07) is 11.6. The number of benzene rings is 2. The van der Waals surface area contributed by atoms with Crippen molar-refractivity contribution < 1.29 is 13.2 Å². The van der Waals surface area contributed by atoms with E-state index in [-0.39, 0.29) is 0 Å². The van der Waals surface area contributed by atoms with Gasteiger partial charge in [0.25, 0.3) is 5.91 Å². The molecule has 0 aliphatic rings. The van der Waals surface area contributed by atoms with Gasteiger partial charge in [0.1, 0.15) is 6.54 Å². The van der Waals surface area contributed by atoms with Gasteiger partial charge in [-0.25, -0.2) is 13.8 Å². The molecule has 0 radical (unpaired) electrons. The lowest BCUT2D eigenvalue weighted by Gasteiger charge is -2.21. The van der Waals surface area contributed by atoms with Gasteiger partial charge in [-0.1, -0.05) is 51.3 Å². The summed E-state index contributed by atoms with van der Waals surface area (Å²) in [5.74, 6) is -0.616. The second kappa shape index (κ2) is 8.85. The third kappa shape index (κ3) is 5.70. The molecule has 0 aliphatic carbocycles. The quantitative estimate of drug-likeness (QED) is 0.508. The van der Waals surface area contributed by atoms with E-state index in [0.29, 0.717) is 25.8 Å². The lowest BCUT2D eigenvalue weighted by Crippen LogP contribution is -2.39. The average molecular weight is 479 g/mol. The van der Waals surface area contributed by atoms with Gasteiger partial charge in [0.05, 0.1) is 28.2 Å². The fourth-order valence-electron chi connectivity index (χ4n) is 2.00. The topological polar surface area (TPSA) is 78.8 Å². The molecular weight excluding hydrogens is 465 g/mol. The molecule has 0 saturated carbocycles. The van der Waals surface area contributed by atoms with Gasteiger partial charge in [-0.2, -0.15) is 5.10 Å². The van der Waals surface area contributed by atoms with E-state index in [4.69, 9.17) is 23.2 Å². The highest BCUT2D eigenvalue weighted by Gasteiger charge is 2.20. The number of rotatable bonds is 6. The lowest BCUT2D eigenvalue weighted by atomic mass is 10.2. The summed E-state index contributed by atoms with van der Waals surface area (Å²) in [5.41, 5.74) is 3.07. The smallest absolute Gasteiger partial charge is 0.260 e. The van der Waals surface area contributed by atoms with Crippen LogP contribution in [0.4, 0.5) is 5.69 Å². The fraction of sp³-hybridized carbons (Fsp3) is 0.125. The summed E-state index contributed by atoms with van der Waals surface area (Å²) in [6.07, 6.45) is 2.32. The maximum atomic E-state index is 12.1. The van der Waals surface area contributed by atoms with Gasteiger partial charge >= 0.3 is 0 Å². The van der Waals surface area contributed by atoms with E-state index in [1.807, 2.05) is 0 Å². The Kier molecular flexibility index (Phi) is 7.05. The highest BCUT2D eigenvalue weighted by molar-refractivity contribution is 9.10. The zero-order valence-corrected chi connectivity index (χ0v) is 17.4. The van der Waals surface area contributed by atoms with Crippen molar-refractivity contribution in [3.63, 3.8) is 0 Å². The van der Waals surface area contributed by atoms with Crippen LogP contribution in [0.1, 0.15) is 5.56 Å². The standard InChI is InChI=1S/C16H14BrCl2N3O3S/c1-26(24,25)22(12-5-2-4-11(17)8-12)10-16(23)21-20-9-13-14(18)6-3-7-15(13)19/h2-9H,10H2,1H3,(H,21,23)/b20-9+. The zero-order valence-electron chi connectivity index (χ0n) is 13.5. The first kappa shape index (κ1) is 20.7. The predicted octanol–water partition coefficient (Wildman–Crippen LogP) is 3.67. The molecular formula is C16H14BrCl2N3O3S. The van der Waals surface area contributed by atoms with Crippen LogP contribution in [-0.4, -0.2) is 33.3 Å². The minimum absolute atomic E-state index is 0.357. The Labute approximate surface area is 170 Å². The Morgan fingerprint density at radius 3 is 2.42 bits per heavy atom. The van der Waals surface area contributed by atoms with Crippen molar-refractivity contribution in [1.29, 1.82) is 0 Å². The van der Waals surface area contributed by atoms with E-state index in [2.05, 4.69) is 26.5 Å². The van der Waals surface area contributed by atoms with Crippen LogP contribution in [0.15, 0.2) is 52.0 Å². The van der Waals surface area contributed by atoms with Crippen molar-refractivity contribution in [3.05, 3.63) is 62.5 Å². The van der Waals surface area contributed by atoms with Gasteiger partial charge in [-0.3, -0.25) is 9.10 Å². The molecule has 0 heterocycles. The second-order valence-electron chi connectivity index (χ2n) is 5.18. The normalized spacial score (nSPS) is 11.5. The van der Waals surface area contributed by atoms with E-state index >= 15 is 0 Å². The average Bonchev–Trinajstić information content (AvgIpc) is 2.54. The van der Waals surface area contributed by atoms with Gasteiger partial charge in [-0.15, -0.1) is 0 Å². The van der Waals surface area contributed by atoms with E-state index in [1.165, 1.54) is 6.21 Å². The molecule has 0 aromatic heterocycles. The van der Waals surface area contributed by atoms with Crippen LogP contribution in [0.2, 0.25) is 10.0 Å². The van der Waals surface area contributed by atoms with Crippen molar-refractivity contribution >= 4 is 67.0 Å². The Morgan fingerprint density at radius 2 is 1.85 bits per heavy atom. The van der Waals surface area contributed by atoms with Crippen molar-refractivity contribution in [2.24, 2.45) is 5.10 Å². The number of carbonyl (C=O) groups is 1. The molecule has 26 heavy (non-hydrogen) atoms. The molecule has 2 rings (SSSR count). The van der Waals surface area contributed by atoms with Crippen LogP contribution in [-0.2, 0) is 14.8 Å². The summed E-state index contributed by atoms with van der Waals surface area (Å²) in [4.78, 5) is 12.1. The molecule has 2 aromatic rings. The van der Waals surface area contributed by atoms with Gasteiger partial charge in [0.15, 0.2) is 0 Å². The maximum Gasteiger partial charge on any atom is 0.260 e. The first-order valence-electron chi connectivity index (χ1n) is 7.17. The summed E-state index contributed by atoms with van der Waals surface area (Å²) >= 11 is 15.3. The number of nitrogens with one attached hydrogen (secondary N) is 1. The summed E-state index contributed by atoms with van der Waals surface area (Å²) in [7, 11) is -3.66. The molecule has 1 amide bonds. The van der Waals surface area contributed by atoms with Crippen molar-refractivity contribution in [2.45, 2.75) is 0 Å². The molecule has 0 saturated heterocycles. The maximum absolute atomic E-state index is 12.1. The number of anilines is 1. The highest BCUT2D eigenvalue weighted by atomic mass is 79.9. The molecule has 1 N–H and O–H groups in total. The molecule has 0 aliphatic heterocycles. The Morgan fingerprint density at radius 1 is 1.23 bits per heavy atom. The minimum atomic E-state index is -3.66. The van der Waals surface area contributed by atoms with Crippen LogP contribution in [0.3, 0.4) is 0 Å². The molecule has 0 bridgehead atoms. The van der Waals surface area contributed by atoms with Crippen LogP contribution < -0.4 is 9.73 Å². The first-order valence-corrected chi connectivity index (χ1v) is 10.6. The largest absolute Gasteiger partial charge is 0.271 e. The van der Waals surface area contributed by atoms with Crippen LogP contribution in [0.5, 0.6) is 0 Å². The fourth-order valence-corrected chi connectivity index (χ4v) is 3.73. The summed E-state index contributed by atoms with van der Waals surface area (Å²) in [6.45, 7) is -0.428. The third-order valence-electron chi connectivity index (χ3n) is 3.17. The van der Waals surface area contributed by atoms with Gasteiger partial charge in [0.2, 0.25) is 10.0 Å². The molecule has 10 heteroatoms. The van der Waals surface area contributed by atoms with E-state index in [0.717, 1.165) is 10.6 Å². The number of hydrazone groups is 1. The third-order valence-corrected chi connectivity index (χ3v) is 5.46. The van der Waals surface area contributed by atoms with Crippen LogP contribution in [0, 0.1) is 0 Å². The Balaban J connectivity index is 2.12. The number of hydrogen-bond donors (Lipinski definition) is 1. The second-order valence-corrected chi connectivity index (χ2v) is 8.81. The van der Waals surface area contributed by atoms with Crippen molar-refractivity contribution in [1.82, 2.24) is 5.43 Å². The monoisotopic (exact) mass is 477 g/mol.